The fraction of sp³-hybridized carbons (Fsp3) is 0.385. The molecule has 0 radical (unpaired) electrons. The van der Waals surface area contributed by atoms with Gasteiger partial charge in [-0.05, 0) is 26.3 Å². The lowest BCUT2D eigenvalue weighted by molar-refractivity contribution is 0.223. The van der Waals surface area contributed by atoms with E-state index in [4.69, 9.17) is 0 Å². The zero-order valence-electron chi connectivity index (χ0n) is 9.12. The van der Waals surface area contributed by atoms with Crippen molar-refractivity contribution in [3.05, 3.63) is 47.0 Å². The molecule has 0 fully saturated rings. The Labute approximate surface area is 86.1 Å². The Balaban J connectivity index is 2.61. The van der Waals surface area contributed by atoms with Crippen LogP contribution in [0.3, 0.4) is 0 Å². The van der Waals surface area contributed by atoms with Gasteiger partial charge >= 0.3 is 0 Å². The average Bonchev–Trinajstić information content (AvgIpc) is 2.07. The van der Waals surface area contributed by atoms with E-state index in [-0.39, 0.29) is 6.10 Å². The van der Waals surface area contributed by atoms with Crippen LogP contribution in [0.5, 0.6) is 0 Å². The maximum Gasteiger partial charge on any atom is 0.0763 e. The van der Waals surface area contributed by atoms with Gasteiger partial charge in [0.1, 0.15) is 0 Å². The summed E-state index contributed by atoms with van der Waals surface area (Å²) in [7, 11) is 0. The fourth-order valence-electron chi connectivity index (χ4n) is 1.41. The third-order valence-electron chi connectivity index (χ3n) is 2.09. The lowest BCUT2D eigenvalue weighted by Crippen LogP contribution is -2.07. The number of aliphatic hydroxyl groups excluding tert-OH is 1. The molecule has 0 aliphatic heterocycles. The summed E-state index contributed by atoms with van der Waals surface area (Å²) in [5.41, 5.74) is 3.59. The second kappa shape index (κ2) is 4.97. The van der Waals surface area contributed by atoms with Crippen molar-refractivity contribution >= 4 is 0 Å². The van der Waals surface area contributed by atoms with Crippen molar-refractivity contribution in [1.82, 2.24) is 0 Å². The summed E-state index contributed by atoms with van der Waals surface area (Å²) in [6.45, 7) is 6.06. The number of aliphatic hydroxyl groups is 1. The van der Waals surface area contributed by atoms with Gasteiger partial charge < -0.3 is 5.11 Å². The first kappa shape index (κ1) is 11.0. The predicted molar refractivity (Wildman–Crippen MR) is 60.3 cm³/mol. The summed E-state index contributed by atoms with van der Waals surface area (Å²) in [4.78, 5) is 0. The Morgan fingerprint density at radius 3 is 2.36 bits per heavy atom. The van der Waals surface area contributed by atoms with Crippen molar-refractivity contribution < 1.29 is 5.11 Å². The van der Waals surface area contributed by atoms with E-state index in [2.05, 4.69) is 31.2 Å². The topological polar surface area (TPSA) is 20.2 Å². The summed E-state index contributed by atoms with van der Waals surface area (Å²) in [5, 5.41) is 9.67. The second-order valence-electron chi connectivity index (χ2n) is 4.00. The average molecular weight is 190 g/mol. The molecule has 0 bridgehead atoms. The molecule has 0 heterocycles. The highest BCUT2D eigenvalue weighted by atomic mass is 16.3. The third-order valence-corrected chi connectivity index (χ3v) is 2.09. The number of hydrogen-bond donors (Lipinski definition) is 1. The van der Waals surface area contributed by atoms with Crippen LogP contribution in [0.1, 0.15) is 25.0 Å². The quantitative estimate of drug-likeness (QED) is 0.727. The normalized spacial score (nSPS) is 12.3. The van der Waals surface area contributed by atoms with Crippen LogP contribution in [0, 0.1) is 6.92 Å². The van der Waals surface area contributed by atoms with E-state index in [1.807, 2.05) is 19.9 Å². The van der Waals surface area contributed by atoms with Gasteiger partial charge in [-0.1, -0.05) is 41.5 Å². The van der Waals surface area contributed by atoms with Crippen LogP contribution in [0.25, 0.3) is 0 Å². The Morgan fingerprint density at radius 2 is 1.86 bits per heavy atom. The van der Waals surface area contributed by atoms with Crippen molar-refractivity contribution in [3.63, 3.8) is 0 Å². The number of hydrogen-bond acceptors (Lipinski definition) is 1. The third kappa shape index (κ3) is 3.75. The molecule has 1 atom stereocenters. The molecule has 1 rings (SSSR count). The monoisotopic (exact) mass is 190 g/mol. The number of benzene rings is 1. The first-order valence-electron chi connectivity index (χ1n) is 4.96. The van der Waals surface area contributed by atoms with Crippen molar-refractivity contribution in [2.75, 3.05) is 0 Å². The maximum atomic E-state index is 9.67. The van der Waals surface area contributed by atoms with Crippen LogP contribution in [-0.4, -0.2) is 11.2 Å². The number of aryl methyl sites for hydroxylation is 1. The van der Waals surface area contributed by atoms with Gasteiger partial charge in [-0.2, -0.15) is 0 Å². The molecule has 1 heteroatoms. The SMILES string of the molecule is CC(C)=CC(O)Cc1ccc(C)cc1. The molecule has 0 amide bonds. The highest BCUT2D eigenvalue weighted by molar-refractivity contribution is 5.22. The molecular weight excluding hydrogens is 172 g/mol. The highest BCUT2D eigenvalue weighted by Gasteiger charge is 2.01. The van der Waals surface area contributed by atoms with Gasteiger partial charge in [0.25, 0.3) is 0 Å². The molecule has 0 saturated heterocycles. The summed E-state index contributed by atoms with van der Waals surface area (Å²) >= 11 is 0. The van der Waals surface area contributed by atoms with Gasteiger partial charge in [-0.3, -0.25) is 0 Å². The van der Waals surface area contributed by atoms with E-state index in [1.54, 1.807) is 0 Å². The standard InChI is InChI=1S/C13H18O/c1-10(2)8-13(14)9-12-6-4-11(3)5-7-12/h4-8,13-14H,9H2,1-3H3. The van der Waals surface area contributed by atoms with Gasteiger partial charge in [-0.25, -0.2) is 0 Å². The molecule has 0 saturated carbocycles. The van der Waals surface area contributed by atoms with E-state index in [0.29, 0.717) is 6.42 Å². The molecule has 14 heavy (non-hydrogen) atoms. The fourth-order valence-corrected chi connectivity index (χ4v) is 1.41. The van der Waals surface area contributed by atoms with Crippen molar-refractivity contribution in [1.29, 1.82) is 0 Å². The van der Waals surface area contributed by atoms with Crippen LogP contribution >= 0.6 is 0 Å². The van der Waals surface area contributed by atoms with Crippen LogP contribution in [-0.2, 0) is 6.42 Å². The Kier molecular flexibility index (Phi) is 3.90. The largest absolute Gasteiger partial charge is 0.389 e. The van der Waals surface area contributed by atoms with Gasteiger partial charge in [0, 0.05) is 6.42 Å². The Hall–Kier alpha value is -1.08. The van der Waals surface area contributed by atoms with Crippen LogP contribution in [0.15, 0.2) is 35.9 Å². The zero-order valence-corrected chi connectivity index (χ0v) is 9.12. The van der Waals surface area contributed by atoms with Gasteiger partial charge in [-0.15, -0.1) is 0 Å². The Bertz CT molecular complexity index is 305. The highest BCUT2D eigenvalue weighted by Crippen LogP contribution is 2.07. The number of allylic oxidation sites excluding steroid dienone is 1. The smallest absolute Gasteiger partial charge is 0.0763 e. The first-order valence-corrected chi connectivity index (χ1v) is 4.96. The molecular formula is C13H18O. The van der Waals surface area contributed by atoms with Crippen molar-refractivity contribution in [2.45, 2.75) is 33.3 Å². The summed E-state index contributed by atoms with van der Waals surface area (Å²) < 4.78 is 0. The predicted octanol–water partition coefficient (Wildman–Crippen LogP) is 2.86. The van der Waals surface area contributed by atoms with Gasteiger partial charge in [0.15, 0.2) is 0 Å². The molecule has 1 aromatic rings. The molecule has 0 aliphatic carbocycles. The minimum Gasteiger partial charge on any atom is -0.389 e. The van der Waals surface area contributed by atoms with Crippen LogP contribution < -0.4 is 0 Å². The van der Waals surface area contributed by atoms with Crippen molar-refractivity contribution in [3.8, 4) is 0 Å². The van der Waals surface area contributed by atoms with E-state index in [9.17, 15) is 5.11 Å². The second-order valence-corrected chi connectivity index (χ2v) is 4.00. The number of rotatable bonds is 3. The minimum absolute atomic E-state index is 0.359. The van der Waals surface area contributed by atoms with E-state index >= 15 is 0 Å². The molecule has 1 N–H and O–H groups in total. The lowest BCUT2D eigenvalue weighted by atomic mass is 10.1. The summed E-state index contributed by atoms with van der Waals surface area (Å²) in [5.74, 6) is 0. The molecule has 1 nitrogen and oxygen atoms in total. The molecule has 0 aromatic heterocycles. The molecule has 0 spiro atoms. The van der Waals surface area contributed by atoms with Crippen LogP contribution in [0.2, 0.25) is 0 Å². The zero-order chi connectivity index (χ0) is 10.6. The molecule has 1 aromatic carbocycles. The molecule has 1 unspecified atom stereocenters. The van der Waals surface area contributed by atoms with Gasteiger partial charge in [0.2, 0.25) is 0 Å². The molecule has 0 aliphatic rings. The Morgan fingerprint density at radius 1 is 1.29 bits per heavy atom. The maximum absolute atomic E-state index is 9.67. The first-order chi connectivity index (χ1) is 6.58. The van der Waals surface area contributed by atoms with E-state index < -0.39 is 0 Å². The summed E-state index contributed by atoms with van der Waals surface area (Å²) in [6, 6.07) is 8.28. The molecule has 76 valence electrons. The van der Waals surface area contributed by atoms with Gasteiger partial charge in [0.05, 0.1) is 6.10 Å². The minimum atomic E-state index is -0.359. The van der Waals surface area contributed by atoms with E-state index in [0.717, 1.165) is 5.57 Å². The van der Waals surface area contributed by atoms with E-state index in [1.165, 1.54) is 11.1 Å². The lowest BCUT2D eigenvalue weighted by Gasteiger charge is -2.06. The van der Waals surface area contributed by atoms with Crippen LogP contribution in [0.4, 0.5) is 0 Å². The summed E-state index contributed by atoms with van der Waals surface area (Å²) in [6.07, 6.45) is 2.23. The van der Waals surface area contributed by atoms with Crippen molar-refractivity contribution in [2.24, 2.45) is 0 Å².